The van der Waals surface area contributed by atoms with Crippen LogP contribution >= 0.6 is 0 Å². The summed E-state index contributed by atoms with van der Waals surface area (Å²) >= 11 is 0. The molecule has 0 aliphatic heterocycles. The van der Waals surface area contributed by atoms with Crippen molar-refractivity contribution < 1.29 is 39.3 Å². The van der Waals surface area contributed by atoms with E-state index in [2.05, 4.69) is 16.0 Å². The first-order chi connectivity index (χ1) is 15.5. The molecule has 4 amide bonds. The lowest BCUT2D eigenvalue weighted by Gasteiger charge is -2.24. The van der Waals surface area contributed by atoms with Crippen molar-refractivity contribution >= 4 is 29.6 Å². The monoisotopic (exact) mass is 467 g/mol. The topological polar surface area (TPSA) is 234 Å². The quantitative estimate of drug-likeness (QED) is 0.142. The van der Waals surface area contributed by atoms with E-state index in [1.807, 2.05) is 0 Å². The van der Waals surface area contributed by atoms with E-state index in [4.69, 9.17) is 11.5 Å². The predicted octanol–water partition coefficient (Wildman–Crippen LogP) is -3.66. The summed E-state index contributed by atoms with van der Waals surface area (Å²) in [5.41, 5.74) is 11.2. The summed E-state index contributed by atoms with van der Waals surface area (Å²) in [4.78, 5) is 59.9. The maximum atomic E-state index is 12.5. The van der Waals surface area contributed by atoms with Crippen molar-refractivity contribution in [1.82, 2.24) is 16.0 Å². The molecule has 0 aliphatic rings. The van der Waals surface area contributed by atoms with E-state index >= 15 is 0 Å². The SMILES string of the molecule is CC(O)C(N)C(=O)NC(CC(N)=O)C(=O)NC(CO)C(=O)NC(Cc1ccccc1)C(=O)O. The number of rotatable bonds is 13. The number of aliphatic hydroxyl groups excluding tert-OH is 2. The van der Waals surface area contributed by atoms with Gasteiger partial charge in [-0.05, 0) is 12.5 Å². The van der Waals surface area contributed by atoms with Crippen molar-refractivity contribution in [2.45, 2.75) is 50.0 Å². The van der Waals surface area contributed by atoms with Crippen LogP contribution in [0, 0.1) is 0 Å². The summed E-state index contributed by atoms with van der Waals surface area (Å²) in [6, 6.07) is 2.58. The van der Waals surface area contributed by atoms with Gasteiger partial charge in [0, 0.05) is 6.42 Å². The summed E-state index contributed by atoms with van der Waals surface area (Å²) in [7, 11) is 0. The highest BCUT2D eigenvalue weighted by atomic mass is 16.4. The highest BCUT2D eigenvalue weighted by Gasteiger charge is 2.31. The van der Waals surface area contributed by atoms with Crippen molar-refractivity contribution in [1.29, 1.82) is 0 Å². The molecule has 0 bridgehead atoms. The number of primary amides is 1. The van der Waals surface area contributed by atoms with Crippen LogP contribution in [0.15, 0.2) is 30.3 Å². The second kappa shape index (κ2) is 13.1. The molecule has 0 heterocycles. The molecule has 0 saturated heterocycles. The molecule has 33 heavy (non-hydrogen) atoms. The number of aliphatic carboxylic acids is 1. The number of nitrogens with one attached hydrogen (secondary N) is 3. The fraction of sp³-hybridized carbons (Fsp3) is 0.450. The van der Waals surface area contributed by atoms with Gasteiger partial charge in [0.1, 0.15) is 24.2 Å². The summed E-state index contributed by atoms with van der Waals surface area (Å²) in [6.07, 6.45) is -1.96. The first-order valence-corrected chi connectivity index (χ1v) is 9.96. The Labute approximate surface area is 189 Å². The lowest BCUT2D eigenvalue weighted by Crippen LogP contribution is -2.59. The Kier molecular flexibility index (Phi) is 10.9. The molecule has 0 radical (unpaired) electrons. The van der Waals surface area contributed by atoms with Gasteiger partial charge in [-0.2, -0.15) is 0 Å². The minimum Gasteiger partial charge on any atom is -0.480 e. The lowest BCUT2D eigenvalue weighted by molar-refractivity contribution is -0.142. The normalized spacial score (nSPS) is 15.3. The first kappa shape index (κ1) is 27.5. The number of hydrogen-bond donors (Lipinski definition) is 8. The minimum atomic E-state index is -1.59. The maximum Gasteiger partial charge on any atom is 0.326 e. The van der Waals surface area contributed by atoms with Crippen LogP contribution in [0.5, 0.6) is 0 Å². The van der Waals surface area contributed by atoms with Gasteiger partial charge in [-0.3, -0.25) is 19.2 Å². The van der Waals surface area contributed by atoms with Crippen LogP contribution in [0.2, 0.25) is 0 Å². The van der Waals surface area contributed by atoms with E-state index in [1.54, 1.807) is 30.3 Å². The molecule has 1 rings (SSSR count). The third kappa shape index (κ3) is 9.22. The molecule has 0 saturated carbocycles. The van der Waals surface area contributed by atoms with E-state index in [0.717, 1.165) is 0 Å². The van der Waals surface area contributed by atoms with Crippen LogP contribution in [0.25, 0.3) is 0 Å². The van der Waals surface area contributed by atoms with E-state index < -0.39 is 72.9 Å². The van der Waals surface area contributed by atoms with Crippen LogP contribution in [0.3, 0.4) is 0 Å². The summed E-state index contributed by atoms with van der Waals surface area (Å²) in [5.74, 6) is -5.30. The van der Waals surface area contributed by atoms with Gasteiger partial charge in [-0.25, -0.2) is 4.79 Å². The van der Waals surface area contributed by atoms with Crippen molar-refractivity contribution in [3.05, 3.63) is 35.9 Å². The molecule has 13 nitrogen and oxygen atoms in total. The highest BCUT2D eigenvalue weighted by molar-refractivity contribution is 5.96. The molecule has 5 atom stereocenters. The van der Waals surface area contributed by atoms with Gasteiger partial charge in [0.15, 0.2) is 0 Å². The summed E-state index contributed by atoms with van der Waals surface area (Å²) in [5, 5.41) is 34.9. The smallest absolute Gasteiger partial charge is 0.326 e. The van der Waals surface area contributed by atoms with Crippen LogP contribution in [0.1, 0.15) is 18.9 Å². The zero-order valence-electron chi connectivity index (χ0n) is 17.9. The molecule has 0 aromatic heterocycles. The van der Waals surface area contributed by atoms with Gasteiger partial charge in [0.25, 0.3) is 0 Å². The molecule has 13 heteroatoms. The van der Waals surface area contributed by atoms with Crippen LogP contribution in [-0.2, 0) is 30.4 Å². The van der Waals surface area contributed by atoms with Gasteiger partial charge in [-0.15, -0.1) is 0 Å². The Balaban J connectivity index is 2.88. The lowest BCUT2D eigenvalue weighted by atomic mass is 10.1. The molecule has 0 fully saturated rings. The van der Waals surface area contributed by atoms with Crippen molar-refractivity contribution in [3.63, 3.8) is 0 Å². The van der Waals surface area contributed by atoms with Crippen LogP contribution in [0.4, 0.5) is 0 Å². The van der Waals surface area contributed by atoms with Crippen molar-refractivity contribution in [2.24, 2.45) is 11.5 Å². The molecule has 0 aliphatic carbocycles. The van der Waals surface area contributed by atoms with E-state index in [9.17, 15) is 39.3 Å². The first-order valence-electron chi connectivity index (χ1n) is 9.96. The Morgan fingerprint density at radius 1 is 0.909 bits per heavy atom. The summed E-state index contributed by atoms with van der Waals surface area (Å²) in [6.45, 7) is 0.341. The van der Waals surface area contributed by atoms with E-state index in [-0.39, 0.29) is 6.42 Å². The van der Waals surface area contributed by atoms with Gasteiger partial charge in [0.2, 0.25) is 23.6 Å². The number of carboxylic acids is 1. The number of hydrogen-bond acceptors (Lipinski definition) is 8. The molecule has 0 spiro atoms. The highest BCUT2D eigenvalue weighted by Crippen LogP contribution is 2.04. The van der Waals surface area contributed by atoms with E-state index in [1.165, 1.54) is 6.92 Å². The number of carboxylic acid groups (broad SMARTS) is 1. The Morgan fingerprint density at radius 3 is 1.91 bits per heavy atom. The third-order valence-corrected chi connectivity index (χ3v) is 4.57. The van der Waals surface area contributed by atoms with Crippen molar-refractivity contribution in [2.75, 3.05) is 6.61 Å². The molecular weight excluding hydrogens is 438 g/mol. The number of benzene rings is 1. The number of aliphatic hydroxyl groups is 2. The zero-order valence-corrected chi connectivity index (χ0v) is 17.9. The van der Waals surface area contributed by atoms with Gasteiger partial charge in [-0.1, -0.05) is 30.3 Å². The van der Waals surface area contributed by atoms with E-state index in [0.29, 0.717) is 5.56 Å². The zero-order chi connectivity index (χ0) is 25.1. The average molecular weight is 467 g/mol. The Hall–Kier alpha value is -3.55. The minimum absolute atomic E-state index is 0.0500. The fourth-order valence-corrected chi connectivity index (χ4v) is 2.69. The Bertz CT molecular complexity index is 848. The molecule has 1 aromatic carbocycles. The molecule has 5 unspecified atom stereocenters. The largest absolute Gasteiger partial charge is 0.480 e. The maximum absolute atomic E-state index is 12.5. The second-order valence-electron chi connectivity index (χ2n) is 7.33. The van der Waals surface area contributed by atoms with Gasteiger partial charge >= 0.3 is 5.97 Å². The number of carbonyl (C=O) groups is 5. The number of nitrogens with two attached hydrogens (primary N) is 2. The second-order valence-corrected chi connectivity index (χ2v) is 7.33. The van der Waals surface area contributed by atoms with Crippen LogP contribution < -0.4 is 27.4 Å². The molecule has 182 valence electrons. The molecule has 1 aromatic rings. The van der Waals surface area contributed by atoms with Gasteiger partial charge < -0.3 is 42.7 Å². The Morgan fingerprint density at radius 2 is 1.42 bits per heavy atom. The predicted molar refractivity (Wildman–Crippen MR) is 114 cm³/mol. The fourth-order valence-electron chi connectivity index (χ4n) is 2.69. The number of carbonyl (C=O) groups excluding carboxylic acids is 4. The third-order valence-electron chi connectivity index (χ3n) is 4.57. The summed E-state index contributed by atoms with van der Waals surface area (Å²) < 4.78 is 0. The number of amides is 4. The van der Waals surface area contributed by atoms with Crippen molar-refractivity contribution in [3.8, 4) is 0 Å². The average Bonchev–Trinajstić information content (AvgIpc) is 2.75. The molecule has 10 N–H and O–H groups in total. The standard InChI is InChI=1S/C20H29N5O8/c1-10(27)16(22)19(31)23-12(8-15(21)28)17(29)25-14(9-26)18(30)24-13(20(32)33)7-11-5-3-2-4-6-11/h2-6,10,12-14,16,26-27H,7-9,22H2,1H3,(H2,21,28)(H,23,31)(H,24,30)(H,25,29)(H,32,33). The van der Waals surface area contributed by atoms with Gasteiger partial charge in [0.05, 0.1) is 19.1 Å². The van der Waals surface area contributed by atoms with Crippen LogP contribution in [-0.4, -0.2) is 81.8 Å². The molecular formula is C20H29N5O8.